The summed E-state index contributed by atoms with van der Waals surface area (Å²) in [6.45, 7) is 0.269. The minimum atomic E-state index is -0.603. The maximum Gasteiger partial charge on any atom is 0.331 e. The molecule has 0 spiro atoms. The van der Waals surface area contributed by atoms with Crippen molar-refractivity contribution in [3.05, 3.63) is 26.9 Å². The van der Waals surface area contributed by atoms with Crippen molar-refractivity contribution in [3.8, 4) is 5.88 Å². The molecule has 0 unspecified atom stereocenters. The number of ether oxygens (including phenoxy) is 1. The maximum absolute atomic E-state index is 11.5. The van der Waals surface area contributed by atoms with E-state index in [1.165, 1.54) is 0 Å². The van der Waals surface area contributed by atoms with Crippen LogP contribution < -0.4 is 11.2 Å². The van der Waals surface area contributed by atoms with Gasteiger partial charge in [0.25, 0.3) is 5.56 Å². The van der Waals surface area contributed by atoms with E-state index in [2.05, 4.69) is 4.98 Å². The Kier molecular flexibility index (Phi) is 2.59. The first-order valence-electron chi connectivity index (χ1n) is 5.15. The zero-order valence-corrected chi connectivity index (χ0v) is 9.02. The molecule has 16 heavy (non-hydrogen) atoms. The van der Waals surface area contributed by atoms with Crippen molar-refractivity contribution in [1.29, 1.82) is 0 Å². The standard InChI is InChI=1S/C10H14N2O4/c1-16-10(3-2-4-10)6-12-8(14)5-7(13)11-9(12)15/h5,14H,2-4,6H2,1H3,(H,11,13,15). The number of aromatic nitrogens is 2. The molecule has 0 radical (unpaired) electrons. The first kappa shape index (κ1) is 10.9. The average Bonchev–Trinajstić information content (AvgIpc) is 2.14. The van der Waals surface area contributed by atoms with Gasteiger partial charge in [-0.15, -0.1) is 0 Å². The summed E-state index contributed by atoms with van der Waals surface area (Å²) in [5, 5.41) is 9.54. The maximum atomic E-state index is 11.5. The van der Waals surface area contributed by atoms with E-state index >= 15 is 0 Å². The second-order valence-corrected chi connectivity index (χ2v) is 4.12. The summed E-state index contributed by atoms with van der Waals surface area (Å²) in [5.74, 6) is -0.322. The number of methoxy groups -OCH3 is 1. The lowest BCUT2D eigenvalue weighted by atomic mass is 9.80. The summed E-state index contributed by atoms with van der Waals surface area (Å²) >= 11 is 0. The fourth-order valence-corrected chi connectivity index (χ4v) is 1.95. The Morgan fingerprint density at radius 1 is 1.56 bits per heavy atom. The fraction of sp³-hybridized carbons (Fsp3) is 0.600. The third-order valence-electron chi connectivity index (χ3n) is 3.16. The molecule has 1 aliphatic carbocycles. The summed E-state index contributed by atoms with van der Waals surface area (Å²) in [6.07, 6.45) is 2.76. The molecule has 2 rings (SSSR count). The molecule has 1 aromatic rings. The molecule has 1 aromatic heterocycles. The molecule has 0 aliphatic heterocycles. The highest BCUT2D eigenvalue weighted by atomic mass is 16.5. The second-order valence-electron chi connectivity index (χ2n) is 4.12. The minimum absolute atomic E-state index is 0.269. The smallest absolute Gasteiger partial charge is 0.331 e. The molecule has 0 saturated heterocycles. The third kappa shape index (κ3) is 1.76. The molecule has 6 nitrogen and oxygen atoms in total. The summed E-state index contributed by atoms with van der Waals surface area (Å²) in [5.41, 5.74) is -1.58. The zero-order valence-electron chi connectivity index (χ0n) is 9.02. The van der Waals surface area contributed by atoms with Crippen LogP contribution >= 0.6 is 0 Å². The Labute approximate surface area is 91.5 Å². The van der Waals surface area contributed by atoms with Crippen molar-refractivity contribution in [3.63, 3.8) is 0 Å². The Bertz CT molecular complexity index is 493. The first-order valence-corrected chi connectivity index (χ1v) is 5.15. The SMILES string of the molecule is COC1(Cn2c(O)cc(=O)[nH]c2=O)CCC1. The first-order chi connectivity index (χ1) is 7.56. The average molecular weight is 226 g/mol. The highest BCUT2D eigenvalue weighted by molar-refractivity contribution is 5.07. The van der Waals surface area contributed by atoms with Crippen LogP contribution in [0, 0.1) is 0 Å². The van der Waals surface area contributed by atoms with Crippen LogP contribution in [0.4, 0.5) is 0 Å². The van der Waals surface area contributed by atoms with E-state index in [4.69, 9.17) is 4.74 Å². The Morgan fingerprint density at radius 2 is 2.25 bits per heavy atom. The molecule has 0 bridgehead atoms. The van der Waals surface area contributed by atoms with Crippen LogP contribution in [0.15, 0.2) is 15.7 Å². The van der Waals surface area contributed by atoms with Gasteiger partial charge in [0, 0.05) is 7.11 Å². The molecule has 1 aliphatic rings. The van der Waals surface area contributed by atoms with E-state index in [9.17, 15) is 14.7 Å². The summed E-state index contributed by atoms with van der Waals surface area (Å²) in [6, 6.07) is 0.990. The van der Waals surface area contributed by atoms with Gasteiger partial charge in [0.2, 0.25) is 5.88 Å². The predicted molar refractivity (Wildman–Crippen MR) is 56.6 cm³/mol. The van der Waals surface area contributed by atoms with Crippen LogP contribution in [-0.2, 0) is 11.3 Å². The van der Waals surface area contributed by atoms with Gasteiger partial charge in [-0.3, -0.25) is 14.3 Å². The number of aromatic amines is 1. The lowest BCUT2D eigenvalue weighted by molar-refractivity contribution is -0.0852. The van der Waals surface area contributed by atoms with Crippen molar-refractivity contribution >= 4 is 0 Å². The summed E-state index contributed by atoms with van der Waals surface area (Å²) in [4.78, 5) is 24.5. The molecule has 0 atom stereocenters. The highest BCUT2D eigenvalue weighted by Crippen LogP contribution is 2.36. The molecular weight excluding hydrogens is 212 g/mol. The number of hydrogen-bond acceptors (Lipinski definition) is 4. The topological polar surface area (TPSA) is 84.3 Å². The van der Waals surface area contributed by atoms with Crippen LogP contribution in [0.2, 0.25) is 0 Å². The second kappa shape index (κ2) is 3.79. The lowest BCUT2D eigenvalue weighted by Gasteiger charge is -2.40. The van der Waals surface area contributed by atoms with Gasteiger partial charge >= 0.3 is 5.69 Å². The van der Waals surface area contributed by atoms with Gasteiger partial charge in [-0.05, 0) is 19.3 Å². The van der Waals surface area contributed by atoms with Crippen LogP contribution in [0.25, 0.3) is 0 Å². The third-order valence-corrected chi connectivity index (χ3v) is 3.16. The lowest BCUT2D eigenvalue weighted by Crippen LogP contribution is -2.46. The van der Waals surface area contributed by atoms with Crippen molar-refractivity contribution in [2.24, 2.45) is 0 Å². The largest absolute Gasteiger partial charge is 0.494 e. The van der Waals surface area contributed by atoms with E-state index in [0.29, 0.717) is 0 Å². The number of H-pyrrole nitrogens is 1. The van der Waals surface area contributed by atoms with E-state index in [1.54, 1.807) is 7.11 Å². The van der Waals surface area contributed by atoms with Gasteiger partial charge in [-0.25, -0.2) is 4.79 Å². The normalized spacial score (nSPS) is 18.1. The fourth-order valence-electron chi connectivity index (χ4n) is 1.95. The Morgan fingerprint density at radius 3 is 2.69 bits per heavy atom. The van der Waals surface area contributed by atoms with Crippen LogP contribution in [0.3, 0.4) is 0 Å². The molecule has 1 fully saturated rings. The number of nitrogens with one attached hydrogen (secondary N) is 1. The van der Waals surface area contributed by atoms with Crippen molar-refractivity contribution < 1.29 is 9.84 Å². The van der Waals surface area contributed by atoms with Gasteiger partial charge in [0.15, 0.2) is 0 Å². The zero-order chi connectivity index (χ0) is 11.8. The van der Waals surface area contributed by atoms with E-state index in [1.807, 2.05) is 0 Å². The van der Waals surface area contributed by atoms with Crippen molar-refractivity contribution in [2.75, 3.05) is 7.11 Å². The van der Waals surface area contributed by atoms with E-state index in [-0.39, 0.29) is 18.0 Å². The predicted octanol–water partition coefficient (Wildman–Crippen LogP) is -0.189. The van der Waals surface area contributed by atoms with Gasteiger partial charge in [0.1, 0.15) is 0 Å². The summed E-state index contributed by atoms with van der Waals surface area (Å²) < 4.78 is 6.48. The molecular formula is C10H14N2O4. The Hall–Kier alpha value is -1.56. The van der Waals surface area contributed by atoms with Gasteiger partial charge in [-0.2, -0.15) is 0 Å². The van der Waals surface area contributed by atoms with Crippen LogP contribution in [0.1, 0.15) is 19.3 Å². The minimum Gasteiger partial charge on any atom is -0.494 e. The van der Waals surface area contributed by atoms with E-state index < -0.39 is 11.2 Å². The molecule has 2 N–H and O–H groups in total. The number of nitrogens with zero attached hydrogens (tertiary/aromatic N) is 1. The molecule has 0 amide bonds. The highest BCUT2D eigenvalue weighted by Gasteiger charge is 2.38. The summed E-state index contributed by atoms with van der Waals surface area (Å²) in [7, 11) is 1.59. The van der Waals surface area contributed by atoms with Crippen molar-refractivity contribution in [1.82, 2.24) is 9.55 Å². The van der Waals surface area contributed by atoms with Crippen LogP contribution in [-0.4, -0.2) is 27.4 Å². The Balaban J connectivity index is 2.35. The molecule has 0 aromatic carbocycles. The van der Waals surface area contributed by atoms with Crippen LogP contribution in [0.5, 0.6) is 5.88 Å². The molecule has 6 heteroatoms. The van der Waals surface area contributed by atoms with Gasteiger partial charge in [0.05, 0.1) is 18.2 Å². The molecule has 1 saturated carbocycles. The number of rotatable bonds is 3. The quantitative estimate of drug-likeness (QED) is 0.748. The monoisotopic (exact) mass is 226 g/mol. The number of aromatic hydroxyl groups is 1. The number of hydrogen-bond donors (Lipinski definition) is 2. The molecule has 1 heterocycles. The van der Waals surface area contributed by atoms with Gasteiger partial charge < -0.3 is 9.84 Å². The molecule has 88 valence electrons. The van der Waals surface area contributed by atoms with E-state index in [0.717, 1.165) is 29.9 Å². The van der Waals surface area contributed by atoms with Gasteiger partial charge in [-0.1, -0.05) is 0 Å². The van der Waals surface area contributed by atoms with Crippen molar-refractivity contribution in [2.45, 2.75) is 31.4 Å².